The summed E-state index contributed by atoms with van der Waals surface area (Å²) in [6.45, 7) is 2.78. The number of quaternary nitrogens is 1. The monoisotopic (exact) mass is 375 g/mol. The second-order valence-corrected chi connectivity index (χ2v) is 7.81. The summed E-state index contributed by atoms with van der Waals surface area (Å²) in [5.41, 5.74) is 0. The molecule has 1 saturated heterocycles. The fraction of sp³-hybridized carbons (Fsp3) is 0.316. The van der Waals surface area contributed by atoms with E-state index in [1.807, 2.05) is 36.4 Å². The van der Waals surface area contributed by atoms with Crippen LogP contribution in [-0.2, 0) is 0 Å². The number of carbonyl (C=O) groups excluding carboxylic acids is 1. The summed E-state index contributed by atoms with van der Waals surface area (Å²) in [4.78, 5) is 14.8. The summed E-state index contributed by atoms with van der Waals surface area (Å²) in [7, 11) is 0. The molecule has 6 heteroatoms. The van der Waals surface area contributed by atoms with Crippen molar-refractivity contribution in [2.24, 2.45) is 0 Å². The van der Waals surface area contributed by atoms with E-state index in [9.17, 15) is 4.79 Å². The van der Waals surface area contributed by atoms with Gasteiger partial charge in [0.1, 0.15) is 4.88 Å². The van der Waals surface area contributed by atoms with E-state index in [0.717, 1.165) is 28.9 Å². The summed E-state index contributed by atoms with van der Waals surface area (Å²) < 4.78 is 6.65. The van der Waals surface area contributed by atoms with Gasteiger partial charge in [0.25, 0.3) is 5.91 Å². The molecule has 0 bridgehead atoms. The van der Waals surface area contributed by atoms with Crippen LogP contribution in [0.15, 0.2) is 47.1 Å². The number of nitrogens with one attached hydrogen (secondary N) is 2. The van der Waals surface area contributed by atoms with Gasteiger partial charge >= 0.3 is 0 Å². The van der Waals surface area contributed by atoms with Gasteiger partial charge in [-0.25, -0.2) is 0 Å². The van der Waals surface area contributed by atoms with Crippen LogP contribution in [0.4, 0.5) is 0 Å². The molecule has 1 aliphatic rings. The van der Waals surface area contributed by atoms with Gasteiger partial charge in [-0.05, 0) is 18.2 Å². The minimum Gasteiger partial charge on any atom is -0.463 e. The maximum atomic E-state index is 12.7. The molecule has 130 valence electrons. The molecule has 0 unspecified atom stereocenters. The average Bonchev–Trinajstić information content (AvgIpc) is 3.37. The van der Waals surface area contributed by atoms with Gasteiger partial charge in [0.2, 0.25) is 0 Å². The molecule has 0 radical (unpaired) electrons. The fourth-order valence-corrected chi connectivity index (χ4v) is 4.98. The van der Waals surface area contributed by atoms with Crippen molar-refractivity contribution in [1.82, 2.24) is 5.32 Å². The molecule has 1 aliphatic heterocycles. The van der Waals surface area contributed by atoms with Gasteiger partial charge in [0.15, 0.2) is 11.8 Å². The van der Waals surface area contributed by atoms with Gasteiger partial charge in [-0.2, -0.15) is 0 Å². The Balaban J connectivity index is 1.52. The van der Waals surface area contributed by atoms with Crippen molar-refractivity contribution >= 4 is 38.9 Å². The first-order valence-electron chi connectivity index (χ1n) is 8.57. The number of fused-ring (bicyclic) bond motifs is 1. The highest BCUT2D eigenvalue weighted by Gasteiger charge is 2.30. The molecule has 2 N–H and O–H groups in total. The van der Waals surface area contributed by atoms with Crippen molar-refractivity contribution in [3.05, 3.63) is 58.3 Å². The van der Waals surface area contributed by atoms with Crippen molar-refractivity contribution in [3.63, 3.8) is 0 Å². The lowest BCUT2D eigenvalue weighted by molar-refractivity contribution is -0.919. The zero-order valence-corrected chi connectivity index (χ0v) is 15.3. The third-order valence-electron chi connectivity index (χ3n) is 4.83. The Labute approximate surface area is 155 Å². The van der Waals surface area contributed by atoms with Crippen LogP contribution in [0.1, 0.15) is 34.3 Å². The summed E-state index contributed by atoms with van der Waals surface area (Å²) >= 11 is 7.86. The topological polar surface area (TPSA) is 46.7 Å². The average molecular weight is 376 g/mol. The number of thiophene rings is 1. The van der Waals surface area contributed by atoms with Gasteiger partial charge in [-0.1, -0.05) is 29.8 Å². The Hall–Kier alpha value is -1.82. The Kier molecular flexibility index (Phi) is 4.79. The maximum Gasteiger partial charge on any atom is 0.263 e. The van der Waals surface area contributed by atoms with Crippen LogP contribution in [0.3, 0.4) is 0 Å². The van der Waals surface area contributed by atoms with E-state index in [0.29, 0.717) is 16.4 Å². The number of likely N-dealkylation sites (tertiary alicyclic amines) is 1. The molecule has 1 aromatic carbocycles. The van der Waals surface area contributed by atoms with E-state index < -0.39 is 0 Å². The number of rotatable bonds is 5. The number of carbonyl (C=O) groups is 1. The molecule has 1 fully saturated rings. The van der Waals surface area contributed by atoms with Crippen LogP contribution in [-0.4, -0.2) is 25.5 Å². The molecule has 3 heterocycles. The van der Waals surface area contributed by atoms with E-state index >= 15 is 0 Å². The number of hydrogen-bond acceptors (Lipinski definition) is 3. The fourth-order valence-electron chi connectivity index (χ4n) is 3.55. The molecule has 0 spiro atoms. The van der Waals surface area contributed by atoms with Gasteiger partial charge in [-0.3, -0.25) is 4.79 Å². The van der Waals surface area contributed by atoms with Gasteiger partial charge in [0.05, 0.1) is 30.9 Å². The second-order valence-electron chi connectivity index (χ2n) is 6.38. The van der Waals surface area contributed by atoms with E-state index in [1.54, 1.807) is 6.26 Å². The predicted molar refractivity (Wildman–Crippen MR) is 101 cm³/mol. The molecular weight excluding hydrogens is 356 g/mol. The van der Waals surface area contributed by atoms with Crippen LogP contribution in [0, 0.1) is 0 Å². The largest absolute Gasteiger partial charge is 0.463 e. The van der Waals surface area contributed by atoms with E-state index in [4.69, 9.17) is 16.0 Å². The number of furan rings is 1. The first kappa shape index (κ1) is 16.6. The highest BCUT2D eigenvalue weighted by Crippen LogP contribution is 2.35. The van der Waals surface area contributed by atoms with E-state index in [2.05, 4.69) is 5.32 Å². The Morgan fingerprint density at radius 3 is 2.76 bits per heavy atom. The van der Waals surface area contributed by atoms with Gasteiger partial charge in [0, 0.05) is 22.9 Å². The molecule has 1 amide bonds. The lowest BCUT2D eigenvalue weighted by Gasteiger charge is -2.23. The van der Waals surface area contributed by atoms with Gasteiger partial charge < -0.3 is 14.6 Å². The number of benzene rings is 1. The lowest BCUT2D eigenvalue weighted by Crippen LogP contribution is -3.11. The molecule has 4 nitrogen and oxygen atoms in total. The molecule has 25 heavy (non-hydrogen) atoms. The summed E-state index contributed by atoms with van der Waals surface area (Å²) in [5.74, 6) is 0.820. The number of amides is 1. The number of halogens is 1. The Morgan fingerprint density at radius 2 is 2.04 bits per heavy atom. The third kappa shape index (κ3) is 3.32. The van der Waals surface area contributed by atoms with Crippen LogP contribution in [0.5, 0.6) is 0 Å². The van der Waals surface area contributed by atoms with Crippen molar-refractivity contribution in [1.29, 1.82) is 0 Å². The van der Waals surface area contributed by atoms with Crippen molar-refractivity contribution < 1.29 is 14.1 Å². The van der Waals surface area contributed by atoms with Crippen LogP contribution in [0.25, 0.3) is 10.1 Å². The zero-order chi connectivity index (χ0) is 17.2. The molecule has 3 aromatic rings. The molecule has 2 aromatic heterocycles. The Bertz CT molecular complexity index is 869. The minimum atomic E-state index is -0.110. The molecule has 4 rings (SSSR count). The first-order chi connectivity index (χ1) is 12.2. The van der Waals surface area contributed by atoms with Crippen LogP contribution >= 0.6 is 22.9 Å². The van der Waals surface area contributed by atoms with E-state index in [1.165, 1.54) is 29.1 Å². The third-order valence-corrected chi connectivity index (χ3v) is 6.51. The van der Waals surface area contributed by atoms with E-state index in [-0.39, 0.29) is 11.9 Å². The predicted octanol–water partition coefficient (Wildman–Crippen LogP) is 3.30. The minimum absolute atomic E-state index is 0.110. The zero-order valence-electron chi connectivity index (χ0n) is 13.8. The normalized spacial score (nSPS) is 16.4. The van der Waals surface area contributed by atoms with Crippen molar-refractivity contribution in [2.75, 3.05) is 19.6 Å². The van der Waals surface area contributed by atoms with Crippen molar-refractivity contribution in [3.8, 4) is 0 Å². The second kappa shape index (κ2) is 7.20. The van der Waals surface area contributed by atoms with Crippen molar-refractivity contribution in [2.45, 2.75) is 18.9 Å². The molecule has 0 aliphatic carbocycles. The summed E-state index contributed by atoms with van der Waals surface area (Å²) in [5, 5.41) is 4.55. The van der Waals surface area contributed by atoms with Crippen LogP contribution < -0.4 is 10.2 Å². The van der Waals surface area contributed by atoms with Crippen LogP contribution in [0.2, 0.25) is 5.02 Å². The molecule has 1 atom stereocenters. The van der Waals surface area contributed by atoms with Gasteiger partial charge in [-0.15, -0.1) is 11.3 Å². The SMILES string of the molecule is O=C(NC[C@@H](c1ccco1)[NH+]1CCCC1)c1sc2ccccc2c1Cl. The smallest absolute Gasteiger partial charge is 0.263 e. The molecule has 0 saturated carbocycles. The Morgan fingerprint density at radius 1 is 1.24 bits per heavy atom. The maximum absolute atomic E-state index is 12.7. The summed E-state index contributed by atoms with van der Waals surface area (Å²) in [6.07, 6.45) is 4.15. The summed E-state index contributed by atoms with van der Waals surface area (Å²) in [6, 6.07) is 11.9. The lowest BCUT2D eigenvalue weighted by atomic mass is 10.2. The highest BCUT2D eigenvalue weighted by atomic mass is 35.5. The number of hydrogen-bond donors (Lipinski definition) is 2. The standard InChI is InChI=1S/C19H19ClN2O2S/c20-17-13-6-1-2-8-16(13)25-18(17)19(23)21-12-14(15-7-5-11-24-15)22-9-3-4-10-22/h1-2,5-8,11,14H,3-4,9-10,12H2,(H,21,23)/p+1/t14-/m0/s1. The quantitative estimate of drug-likeness (QED) is 0.718. The molecular formula is C19H20ClN2O2S+. The highest BCUT2D eigenvalue weighted by molar-refractivity contribution is 7.21. The first-order valence-corrected chi connectivity index (χ1v) is 9.76.